The number of amides is 1. The molecular weight excluding hydrogens is 362 g/mol. The monoisotopic (exact) mass is 381 g/mol. The van der Waals surface area contributed by atoms with Gasteiger partial charge in [0.05, 0.1) is 4.90 Å². The summed E-state index contributed by atoms with van der Waals surface area (Å²) in [6.07, 6.45) is 3.28. The zero-order chi connectivity index (χ0) is 18.4. The van der Waals surface area contributed by atoms with E-state index in [9.17, 15) is 13.2 Å². The summed E-state index contributed by atoms with van der Waals surface area (Å²) in [7, 11) is -3.86. The highest BCUT2D eigenvalue weighted by molar-refractivity contribution is 7.89. The van der Waals surface area contributed by atoms with Gasteiger partial charge < -0.3 is 5.32 Å². The highest BCUT2D eigenvalue weighted by Crippen LogP contribution is 2.17. The molecule has 8 heteroatoms. The van der Waals surface area contributed by atoms with Crippen LogP contribution in [0.15, 0.2) is 53.7 Å². The number of sulfonamides is 1. The molecule has 0 bridgehead atoms. The van der Waals surface area contributed by atoms with Crippen LogP contribution >= 0.6 is 11.6 Å². The first-order valence-electron chi connectivity index (χ1n) is 7.74. The Morgan fingerprint density at radius 3 is 2.60 bits per heavy atom. The van der Waals surface area contributed by atoms with E-state index >= 15 is 0 Å². The molecule has 2 rings (SSSR count). The maximum absolute atomic E-state index is 12.5. The summed E-state index contributed by atoms with van der Waals surface area (Å²) < 4.78 is 27.5. The van der Waals surface area contributed by atoms with Crippen LogP contribution in [-0.2, 0) is 21.4 Å². The zero-order valence-electron chi connectivity index (χ0n) is 13.9. The van der Waals surface area contributed by atoms with E-state index in [4.69, 9.17) is 11.6 Å². The number of carbonyl (C=O) groups is 1. The largest absolute Gasteiger partial charge is 0.351 e. The number of rotatable bonds is 7. The summed E-state index contributed by atoms with van der Waals surface area (Å²) >= 11 is 5.85. The van der Waals surface area contributed by atoms with Crippen molar-refractivity contribution in [3.05, 3.63) is 59.4 Å². The van der Waals surface area contributed by atoms with E-state index in [1.807, 2.05) is 6.07 Å². The lowest BCUT2D eigenvalue weighted by Gasteiger charge is -2.21. The Bertz CT molecular complexity index is 826. The second-order valence-electron chi connectivity index (χ2n) is 5.88. The molecule has 2 N–H and O–H groups in total. The molecule has 1 aromatic heterocycles. The minimum absolute atomic E-state index is 0.0192. The normalized spacial score (nSPS) is 12.8. The van der Waals surface area contributed by atoms with Crippen LogP contribution in [0.1, 0.15) is 19.4 Å². The maximum atomic E-state index is 12.5. The smallest absolute Gasteiger partial charge is 0.241 e. The van der Waals surface area contributed by atoms with E-state index < -0.39 is 22.0 Å². The van der Waals surface area contributed by atoms with Gasteiger partial charge >= 0.3 is 0 Å². The SMILES string of the molecule is CC(C)[C@H](NS(=O)(=O)c1cccc(Cl)c1)C(=O)NCc1cccnc1. The third-order valence-electron chi connectivity index (χ3n) is 3.53. The molecule has 0 unspecified atom stereocenters. The molecule has 1 atom stereocenters. The molecular formula is C17H20ClN3O3S. The molecule has 1 amide bonds. The van der Waals surface area contributed by atoms with Gasteiger partial charge in [-0.2, -0.15) is 4.72 Å². The fourth-order valence-corrected chi connectivity index (χ4v) is 3.81. The van der Waals surface area contributed by atoms with Crippen molar-refractivity contribution in [1.29, 1.82) is 0 Å². The molecule has 0 radical (unpaired) electrons. The predicted octanol–water partition coefficient (Wildman–Crippen LogP) is 2.35. The number of nitrogens with one attached hydrogen (secondary N) is 2. The standard InChI is InChI=1S/C17H20ClN3O3S/c1-12(2)16(17(22)20-11-13-5-4-8-19-10-13)21-25(23,24)15-7-3-6-14(18)9-15/h3-10,12,16,21H,11H2,1-2H3,(H,20,22)/t16-/m0/s1. The van der Waals surface area contributed by atoms with Gasteiger partial charge in [0.15, 0.2) is 0 Å². The van der Waals surface area contributed by atoms with E-state index in [1.165, 1.54) is 12.1 Å². The molecule has 0 saturated carbocycles. The first-order valence-corrected chi connectivity index (χ1v) is 9.60. The lowest BCUT2D eigenvalue weighted by Crippen LogP contribution is -2.49. The lowest BCUT2D eigenvalue weighted by atomic mass is 10.0. The number of nitrogens with zero attached hydrogens (tertiary/aromatic N) is 1. The highest BCUT2D eigenvalue weighted by Gasteiger charge is 2.28. The van der Waals surface area contributed by atoms with E-state index in [2.05, 4.69) is 15.0 Å². The zero-order valence-corrected chi connectivity index (χ0v) is 15.5. The van der Waals surface area contributed by atoms with Gasteiger partial charge in [-0.15, -0.1) is 0 Å². The first kappa shape index (κ1) is 19.4. The number of hydrogen-bond donors (Lipinski definition) is 2. The van der Waals surface area contributed by atoms with Gasteiger partial charge in [-0.1, -0.05) is 37.6 Å². The molecule has 0 aliphatic heterocycles. The van der Waals surface area contributed by atoms with E-state index in [1.54, 1.807) is 44.4 Å². The number of halogens is 1. The number of aromatic nitrogens is 1. The molecule has 1 aromatic carbocycles. The minimum atomic E-state index is -3.86. The second-order valence-corrected chi connectivity index (χ2v) is 8.03. The van der Waals surface area contributed by atoms with Gasteiger partial charge in [0.2, 0.25) is 15.9 Å². The average molecular weight is 382 g/mol. The van der Waals surface area contributed by atoms with Crippen LogP contribution in [0.25, 0.3) is 0 Å². The molecule has 0 fully saturated rings. The Hall–Kier alpha value is -1.96. The Labute approximate surface area is 152 Å². The third-order valence-corrected chi connectivity index (χ3v) is 5.20. The van der Waals surface area contributed by atoms with E-state index in [0.717, 1.165) is 5.56 Å². The van der Waals surface area contributed by atoms with E-state index in [-0.39, 0.29) is 17.4 Å². The molecule has 134 valence electrons. The Balaban J connectivity index is 2.10. The van der Waals surface area contributed by atoms with Crippen molar-refractivity contribution in [3.63, 3.8) is 0 Å². The topological polar surface area (TPSA) is 88.2 Å². The van der Waals surface area contributed by atoms with Gasteiger partial charge in [0, 0.05) is 24.0 Å². The van der Waals surface area contributed by atoms with Gasteiger partial charge in [-0.3, -0.25) is 9.78 Å². The molecule has 0 saturated heterocycles. The fraction of sp³-hybridized carbons (Fsp3) is 0.294. The number of pyridine rings is 1. The predicted molar refractivity (Wildman–Crippen MR) is 96.5 cm³/mol. The molecule has 1 heterocycles. The summed E-state index contributed by atoms with van der Waals surface area (Å²) in [6.45, 7) is 3.82. The van der Waals surface area contributed by atoms with Crippen molar-refractivity contribution < 1.29 is 13.2 Å². The molecule has 0 spiro atoms. The number of benzene rings is 1. The maximum Gasteiger partial charge on any atom is 0.241 e. The van der Waals surface area contributed by atoms with Crippen molar-refractivity contribution in [1.82, 2.24) is 15.0 Å². The molecule has 2 aromatic rings. The highest BCUT2D eigenvalue weighted by atomic mass is 35.5. The third kappa shape index (κ3) is 5.52. The molecule has 0 aliphatic rings. The van der Waals surface area contributed by atoms with Crippen LogP contribution in [0.2, 0.25) is 5.02 Å². The summed E-state index contributed by atoms with van der Waals surface area (Å²) in [5, 5.41) is 3.04. The number of carbonyl (C=O) groups excluding carboxylic acids is 1. The van der Waals surface area contributed by atoms with Crippen molar-refractivity contribution in [2.24, 2.45) is 5.92 Å². The Morgan fingerprint density at radius 2 is 2.00 bits per heavy atom. The van der Waals surface area contributed by atoms with Crippen LogP contribution in [0.3, 0.4) is 0 Å². The first-order chi connectivity index (χ1) is 11.8. The van der Waals surface area contributed by atoms with Gasteiger partial charge in [-0.05, 0) is 35.7 Å². The van der Waals surface area contributed by atoms with Crippen molar-refractivity contribution in [3.8, 4) is 0 Å². The van der Waals surface area contributed by atoms with Crippen LogP contribution in [0, 0.1) is 5.92 Å². The molecule has 0 aliphatic carbocycles. The second kappa shape index (κ2) is 8.42. The van der Waals surface area contributed by atoms with Crippen molar-refractivity contribution in [2.45, 2.75) is 31.3 Å². The van der Waals surface area contributed by atoms with Crippen LogP contribution in [0.5, 0.6) is 0 Å². The minimum Gasteiger partial charge on any atom is -0.351 e. The molecule has 25 heavy (non-hydrogen) atoms. The quantitative estimate of drug-likeness (QED) is 0.770. The Kier molecular flexibility index (Phi) is 6.52. The summed E-state index contributed by atoms with van der Waals surface area (Å²) in [6, 6.07) is 8.59. The van der Waals surface area contributed by atoms with Crippen LogP contribution < -0.4 is 10.0 Å². The van der Waals surface area contributed by atoms with Crippen molar-refractivity contribution in [2.75, 3.05) is 0 Å². The van der Waals surface area contributed by atoms with Gasteiger partial charge in [0.1, 0.15) is 6.04 Å². The lowest BCUT2D eigenvalue weighted by molar-refractivity contribution is -0.123. The Morgan fingerprint density at radius 1 is 1.24 bits per heavy atom. The summed E-state index contributed by atoms with van der Waals surface area (Å²) in [5.41, 5.74) is 0.830. The summed E-state index contributed by atoms with van der Waals surface area (Å²) in [5.74, 6) is -0.632. The molecule has 6 nitrogen and oxygen atoms in total. The van der Waals surface area contributed by atoms with Crippen molar-refractivity contribution >= 4 is 27.5 Å². The van der Waals surface area contributed by atoms with Gasteiger partial charge in [-0.25, -0.2) is 8.42 Å². The summed E-state index contributed by atoms with van der Waals surface area (Å²) in [4.78, 5) is 16.4. The van der Waals surface area contributed by atoms with Gasteiger partial charge in [0.25, 0.3) is 0 Å². The van der Waals surface area contributed by atoms with Crippen LogP contribution in [-0.4, -0.2) is 25.4 Å². The van der Waals surface area contributed by atoms with Crippen LogP contribution in [0.4, 0.5) is 0 Å². The average Bonchev–Trinajstić information content (AvgIpc) is 2.58. The fourth-order valence-electron chi connectivity index (χ4n) is 2.16. The number of hydrogen-bond acceptors (Lipinski definition) is 4. The van der Waals surface area contributed by atoms with E-state index in [0.29, 0.717) is 5.02 Å².